The van der Waals surface area contributed by atoms with E-state index in [1.807, 2.05) is 6.07 Å². The normalized spacial score (nSPS) is 14.5. The zero-order valence-electron chi connectivity index (χ0n) is 17.3. The molecule has 0 aromatic heterocycles. The lowest BCUT2D eigenvalue weighted by Gasteiger charge is -2.14. The Balaban J connectivity index is 1.59. The van der Waals surface area contributed by atoms with Gasteiger partial charge in [0.1, 0.15) is 12.2 Å². The lowest BCUT2D eigenvalue weighted by atomic mass is 10.1. The zero-order valence-corrected chi connectivity index (χ0v) is 20.4. The fraction of sp³-hybridized carbons (Fsp3) is 0.0833. The summed E-state index contributed by atoms with van der Waals surface area (Å²) in [4.78, 5) is 25.3. The molecule has 1 heterocycles. The summed E-state index contributed by atoms with van der Waals surface area (Å²) in [6.45, 7) is 0.193. The van der Waals surface area contributed by atoms with Gasteiger partial charge in [-0.3, -0.25) is 15.0 Å². The van der Waals surface area contributed by atoms with Gasteiger partial charge in [-0.15, -0.1) is 0 Å². The molecule has 1 aliphatic rings. The van der Waals surface area contributed by atoms with Gasteiger partial charge in [0.15, 0.2) is 11.5 Å². The van der Waals surface area contributed by atoms with Crippen LogP contribution in [-0.2, 0) is 16.2 Å². The quantitative estimate of drug-likeness (QED) is 0.312. The van der Waals surface area contributed by atoms with Gasteiger partial charge in [0.05, 0.1) is 17.3 Å². The second-order valence-electron chi connectivity index (χ2n) is 7.03. The molecular formula is C24H17BrCl2N2O4. The van der Waals surface area contributed by atoms with Crippen molar-refractivity contribution < 1.29 is 19.1 Å². The maximum Gasteiger partial charge on any atom is 0.282 e. The van der Waals surface area contributed by atoms with Crippen LogP contribution in [0.25, 0.3) is 6.08 Å². The number of amides is 2. The number of carbonyl (C=O) groups is 2. The fourth-order valence-corrected chi connectivity index (χ4v) is 4.27. The number of nitrogens with one attached hydrogen (secondary N) is 1. The Labute approximate surface area is 208 Å². The van der Waals surface area contributed by atoms with E-state index in [0.717, 1.165) is 5.56 Å². The van der Waals surface area contributed by atoms with Crippen molar-refractivity contribution in [3.8, 4) is 11.5 Å². The lowest BCUT2D eigenvalue weighted by Crippen LogP contribution is -2.35. The largest absolute Gasteiger partial charge is 0.493 e. The Kier molecular flexibility index (Phi) is 6.93. The van der Waals surface area contributed by atoms with Crippen molar-refractivity contribution in [3.63, 3.8) is 0 Å². The number of halogens is 3. The standard InChI is InChI=1S/C24H17BrCl2N2O4/c1-32-21-11-14(9-18-23(30)28-29(24(18)31)17-5-3-2-4-6-17)10-19(25)22(21)33-13-15-7-8-16(26)12-20(15)27/h2-12H,13H2,1H3,(H,28,30)/b18-9-. The Morgan fingerprint density at radius 1 is 1.06 bits per heavy atom. The highest BCUT2D eigenvalue weighted by molar-refractivity contribution is 9.10. The summed E-state index contributed by atoms with van der Waals surface area (Å²) < 4.78 is 12.0. The van der Waals surface area contributed by atoms with Crippen LogP contribution in [0, 0.1) is 0 Å². The maximum atomic E-state index is 12.8. The number of carbonyl (C=O) groups excluding carboxylic acids is 2. The van der Waals surface area contributed by atoms with Crippen LogP contribution < -0.4 is 19.9 Å². The van der Waals surface area contributed by atoms with Crippen molar-refractivity contribution in [3.05, 3.63) is 91.9 Å². The third-order valence-corrected chi connectivity index (χ3v) is 6.03. The van der Waals surface area contributed by atoms with E-state index in [0.29, 0.717) is 37.3 Å². The highest BCUT2D eigenvalue weighted by atomic mass is 79.9. The smallest absolute Gasteiger partial charge is 0.282 e. The van der Waals surface area contributed by atoms with Crippen molar-refractivity contribution in [1.29, 1.82) is 0 Å². The molecule has 33 heavy (non-hydrogen) atoms. The van der Waals surface area contributed by atoms with Gasteiger partial charge in [-0.25, -0.2) is 5.01 Å². The minimum atomic E-state index is -0.489. The Morgan fingerprint density at radius 3 is 2.52 bits per heavy atom. The summed E-state index contributed by atoms with van der Waals surface area (Å²) in [7, 11) is 1.51. The molecular weight excluding hydrogens is 531 g/mol. The van der Waals surface area contributed by atoms with Crippen LogP contribution in [0.2, 0.25) is 10.0 Å². The number of methoxy groups -OCH3 is 1. The Morgan fingerprint density at radius 2 is 1.82 bits per heavy atom. The summed E-state index contributed by atoms with van der Waals surface area (Å²) in [5, 5.41) is 2.25. The summed E-state index contributed by atoms with van der Waals surface area (Å²) in [6, 6.07) is 17.5. The molecule has 168 valence electrons. The number of hydrogen-bond donors (Lipinski definition) is 1. The minimum absolute atomic E-state index is 0.00872. The molecule has 4 rings (SSSR count). The van der Waals surface area contributed by atoms with E-state index in [9.17, 15) is 9.59 Å². The molecule has 0 aliphatic carbocycles. The molecule has 0 unspecified atom stereocenters. The molecule has 3 aromatic rings. The Bertz CT molecular complexity index is 1260. The fourth-order valence-electron chi connectivity index (χ4n) is 3.23. The van der Waals surface area contributed by atoms with Gasteiger partial charge in [-0.1, -0.05) is 47.5 Å². The van der Waals surface area contributed by atoms with Crippen LogP contribution >= 0.6 is 39.1 Å². The number of hydrogen-bond acceptors (Lipinski definition) is 4. The van der Waals surface area contributed by atoms with Crippen LogP contribution in [0.5, 0.6) is 11.5 Å². The van der Waals surface area contributed by atoms with Crippen LogP contribution in [0.15, 0.2) is 70.7 Å². The van der Waals surface area contributed by atoms with Gasteiger partial charge < -0.3 is 9.47 Å². The minimum Gasteiger partial charge on any atom is -0.493 e. The predicted octanol–water partition coefficient (Wildman–Crippen LogP) is 5.80. The maximum absolute atomic E-state index is 12.8. The molecule has 1 saturated heterocycles. The highest BCUT2D eigenvalue weighted by Crippen LogP contribution is 2.38. The van der Waals surface area contributed by atoms with E-state index in [-0.39, 0.29) is 12.2 Å². The number of anilines is 1. The van der Waals surface area contributed by atoms with Gasteiger partial charge in [0, 0.05) is 15.6 Å². The number of para-hydroxylation sites is 1. The predicted molar refractivity (Wildman–Crippen MR) is 132 cm³/mol. The van der Waals surface area contributed by atoms with E-state index in [1.165, 1.54) is 18.2 Å². The second kappa shape index (κ2) is 9.87. The van der Waals surface area contributed by atoms with Crippen LogP contribution in [-0.4, -0.2) is 18.9 Å². The number of ether oxygens (including phenoxy) is 2. The summed E-state index contributed by atoms with van der Waals surface area (Å²) in [6.07, 6.45) is 1.51. The molecule has 0 spiro atoms. The molecule has 1 fully saturated rings. The highest BCUT2D eigenvalue weighted by Gasteiger charge is 2.34. The summed E-state index contributed by atoms with van der Waals surface area (Å²) in [5.41, 5.74) is 4.51. The molecule has 2 amide bonds. The van der Waals surface area contributed by atoms with E-state index in [4.69, 9.17) is 32.7 Å². The molecule has 0 atom stereocenters. The number of benzene rings is 3. The molecule has 0 saturated carbocycles. The van der Waals surface area contributed by atoms with Gasteiger partial charge in [0.2, 0.25) is 0 Å². The van der Waals surface area contributed by atoms with Crippen LogP contribution in [0.3, 0.4) is 0 Å². The molecule has 9 heteroatoms. The van der Waals surface area contributed by atoms with Gasteiger partial charge in [-0.2, -0.15) is 0 Å². The van der Waals surface area contributed by atoms with Crippen LogP contribution in [0.1, 0.15) is 11.1 Å². The molecule has 0 bridgehead atoms. The molecule has 1 N–H and O–H groups in total. The lowest BCUT2D eigenvalue weighted by molar-refractivity contribution is -0.117. The number of rotatable bonds is 6. The van der Waals surface area contributed by atoms with Gasteiger partial charge in [0.25, 0.3) is 11.8 Å². The average Bonchev–Trinajstić information content (AvgIpc) is 3.08. The van der Waals surface area contributed by atoms with Crippen LogP contribution in [0.4, 0.5) is 5.69 Å². The second-order valence-corrected chi connectivity index (χ2v) is 8.73. The molecule has 0 radical (unpaired) electrons. The van der Waals surface area contributed by atoms with E-state index < -0.39 is 11.8 Å². The zero-order chi connectivity index (χ0) is 23.5. The first-order valence-electron chi connectivity index (χ1n) is 9.74. The van der Waals surface area contributed by atoms with E-state index >= 15 is 0 Å². The number of nitrogens with zero attached hydrogens (tertiary/aromatic N) is 1. The summed E-state index contributed by atoms with van der Waals surface area (Å²) in [5.74, 6) is -0.0542. The first kappa shape index (κ1) is 23.2. The number of hydrazine groups is 1. The van der Waals surface area contributed by atoms with Crippen molar-refractivity contribution in [2.75, 3.05) is 12.1 Å². The molecule has 3 aromatic carbocycles. The van der Waals surface area contributed by atoms with Crippen molar-refractivity contribution in [1.82, 2.24) is 5.43 Å². The first-order valence-corrected chi connectivity index (χ1v) is 11.3. The SMILES string of the molecule is COc1cc(/C=C2/C(=O)NN(c3ccccc3)C2=O)cc(Br)c1OCc1ccc(Cl)cc1Cl. The Hall–Kier alpha value is -3.00. The van der Waals surface area contributed by atoms with Crippen molar-refractivity contribution >= 4 is 62.7 Å². The van der Waals surface area contributed by atoms with E-state index in [2.05, 4.69) is 21.4 Å². The average molecular weight is 548 g/mol. The van der Waals surface area contributed by atoms with E-state index in [1.54, 1.807) is 54.6 Å². The third-order valence-electron chi connectivity index (χ3n) is 4.86. The molecule has 6 nitrogen and oxygen atoms in total. The monoisotopic (exact) mass is 546 g/mol. The summed E-state index contributed by atoms with van der Waals surface area (Å²) >= 11 is 15.7. The third kappa shape index (κ3) is 5.00. The van der Waals surface area contributed by atoms with Gasteiger partial charge >= 0.3 is 0 Å². The van der Waals surface area contributed by atoms with Crippen molar-refractivity contribution in [2.24, 2.45) is 0 Å². The first-order chi connectivity index (χ1) is 15.9. The van der Waals surface area contributed by atoms with Crippen molar-refractivity contribution in [2.45, 2.75) is 6.61 Å². The topological polar surface area (TPSA) is 67.9 Å². The van der Waals surface area contributed by atoms with Gasteiger partial charge in [-0.05, 0) is 64.0 Å². The molecule has 1 aliphatic heterocycles.